The summed E-state index contributed by atoms with van der Waals surface area (Å²) in [5.41, 5.74) is 1.47. The van der Waals surface area contributed by atoms with Crippen molar-refractivity contribution in [3.05, 3.63) is 35.0 Å². The summed E-state index contributed by atoms with van der Waals surface area (Å²) in [7, 11) is 0. The molecule has 1 aromatic carbocycles. The zero-order valence-corrected chi connectivity index (χ0v) is 13.3. The number of aliphatic hydroxyl groups is 1. The fourth-order valence-electron chi connectivity index (χ4n) is 3.03. The fraction of sp³-hybridized carbons (Fsp3) is 0.438. The van der Waals surface area contributed by atoms with E-state index in [1.165, 1.54) is 0 Å². The Bertz CT molecular complexity index is 685. The summed E-state index contributed by atoms with van der Waals surface area (Å²) >= 11 is 5.98. The van der Waals surface area contributed by atoms with Crippen LogP contribution in [0.15, 0.2) is 24.3 Å². The Hall–Kier alpha value is -1.56. The van der Waals surface area contributed by atoms with Crippen LogP contribution < -0.4 is 0 Å². The molecule has 1 aromatic heterocycles. The van der Waals surface area contributed by atoms with Crippen molar-refractivity contribution in [2.24, 2.45) is 0 Å². The molecule has 0 radical (unpaired) electrons. The zero-order valence-electron chi connectivity index (χ0n) is 12.6. The first kappa shape index (κ1) is 15.3. The summed E-state index contributed by atoms with van der Waals surface area (Å²) in [5.74, 6) is 0.0165. The Morgan fingerprint density at radius 2 is 2.23 bits per heavy atom. The van der Waals surface area contributed by atoms with Gasteiger partial charge in [0.15, 0.2) is 0 Å². The number of fused-ring (bicyclic) bond motifs is 1. The van der Waals surface area contributed by atoms with E-state index < -0.39 is 0 Å². The van der Waals surface area contributed by atoms with Crippen molar-refractivity contribution in [1.29, 1.82) is 0 Å². The van der Waals surface area contributed by atoms with Gasteiger partial charge in [-0.05, 0) is 25.1 Å². The summed E-state index contributed by atoms with van der Waals surface area (Å²) in [6.45, 7) is 5.04. The lowest BCUT2D eigenvalue weighted by atomic mass is 10.1. The van der Waals surface area contributed by atoms with Gasteiger partial charge in [0.05, 0.1) is 6.61 Å². The molecular formula is C16H20ClN3O2. The summed E-state index contributed by atoms with van der Waals surface area (Å²) in [5, 5.41) is 10.7. The number of aromatic nitrogens is 1. The monoisotopic (exact) mass is 321 g/mol. The SMILES string of the molecule is C[C@H]1CN(C(=O)c2cc3ccc(Cl)cc3[nH]2)CCN1CCO. The Morgan fingerprint density at radius 3 is 2.95 bits per heavy atom. The molecule has 0 saturated carbocycles. The number of halogens is 1. The average molecular weight is 322 g/mol. The lowest BCUT2D eigenvalue weighted by Gasteiger charge is -2.39. The highest BCUT2D eigenvalue weighted by molar-refractivity contribution is 6.31. The largest absolute Gasteiger partial charge is 0.395 e. The number of nitrogens with one attached hydrogen (secondary N) is 1. The molecule has 6 heteroatoms. The molecule has 0 unspecified atom stereocenters. The molecule has 1 saturated heterocycles. The average Bonchev–Trinajstić information content (AvgIpc) is 2.91. The number of hydrogen-bond acceptors (Lipinski definition) is 3. The van der Waals surface area contributed by atoms with Gasteiger partial charge in [0.25, 0.3) is 5.91 Å². The van der Waals surface area contributed by atoms with Crippen LogP contribution in [0.5, 0.6) is 0 Å². The number of hydrogen-bond donors (Lipinski definition) is 2. The number of piperazine rings is 1. The van der Waals surface area contributed by atoms with Crippen LogP contribution in [-0.2, 0) is 0 Å². The predicted molar refractivity (Wildman–Crippen MR) is 87.3 cm³/mol. The second kappa shape index (κ2) is 6.28. The van der Waals surface area contributed by atoms with Crippen LogP contribution in [0.4, 0.5) is 0 Å². The lowest BCUT2D eigenvalue weighted by molar-refractivity contribution is 0.0466. The van der Waals surface area contributed by atoms with Crippen molar-refractivity contribution in [1.82, 2.24) is 14.8 Å². The maximum absolute atomic E-state index is 12.7. The molecule has 0 aliphatic carbocycles. The molecule has 1 atom stereocenters. The highest BCUT2D eigenvalue weighted by Gasteiger charge is 2.27. The third-order valence-electron chi connectivity index (χ3n) is 4.25. The molecule has 5 nitrogen and oxygen atoms in total. The van der Waals surface area contributed by atoms with E-state index in [1.54, 1.807) is 0 Å². The summed E-state index contributed by atoms with van der Waals surface area (Å²) in [4.78, 5) is 19.9. The fourth-order valence-corrected chi connectivity index (χ4v) is 3.20. The van der Waals surface area contributed by atoms with Gasteiger partial charge in [0.2, 0.25) is 0 Å². The maximum Gasteiger partial charge on any atom is 0.270 e. The van der Waals surface area contributed by atoms with Crippen LogP contribution in [-0.4, -0.2) is 64.6 Å². The molecule has 1 aliphatic rings. The molecule has 2 heterocycles. The standard InChI is InChI=1S/C16H20ClN3O2/c1-11-10-20(5-4-19(11)6-7-21)16(22)15-8-12-2-3-13(17)9-14(12)18-15/h2-3,8-9,11,18,21H,4-7,10H2,1H3/t11-/m0/s1. The number of β-amino-alcohol motifs (C(OH)–C–C–N with tert-alkyl or cyclic N) is 1. The molecule has 1 fully saturated rings. The second-order valence-electron chi connectivity index (χ2n) is 5.77. The number of aliphatic hydroxyl groups excluding tert-OH is 1. The van der Waals surface area contributed by atoms with E-state index in [9.17, 15) is 4.79 Å². The number of amides is 1. The van der Waals surface area contributed by atoms with Crippen LogP contribution in [0.1, 0.15) is 17.4 Å². The first-order chi connectivity index (χ1) is 10.6. The van der Waals surface area contributed by atoms with Gasteiger partial charge >= 0.3 is 0 Å². The van der Waals surface area contributed by atoms with Crippen molar-refractivity contribution in [3.63, 3.8) is 0 Å². The molecule has 0 spiro atoms. The van der Waals surface area contributed by atoms with E-state index in [0.717, 1.165) is 17.4 Å². The van der Waals surface area contributed by atoms with E-state index in [1.807, 2.05) is 29.2 Å². The number of rotatable bonds is 3. The van der Waals surface area contributed by atoms with Gasteiger partial charge in [-0.3, -0.25) is 9.69 Å². The quantitative estimate of drug-likeness (QED) is 0.908. The van der Waals surface area contributed by atoms with Gasteiger partial charge in [0.1, 0.15) is 5.69 Å². The van der Waals surface area contributed by atoms with Crippen molar-refractivity contribution < 1.29 is 9.90 Å². The van der Waals surface area contributed by atoms with Crippen molar-refractivity contribution in [3.8, 4) is 0 Å². The minimum Gasteiger partial charge on any atom is -0.395 e. The minimum atomic E-state index is 0.0165. The summed E-state index contributed by atoms with van der Waals surface area (Å²) in [6.07, 6.45) is 0. The van der Waals surface area contributed by atoms with E-state index in [2.05, 4.69) is 16.8 Å². The normalized spacial score (nSPS) is 19.8. The summed E-state index contributed by atoms with van der Waals surface area (Å²) in [6, 6.07) is 7.69. The number of aromatic amines is 1. The third-order valence-corrected chi connectivity index (χ3v) is 4.49. The molecule has 118 valence electrons. The van der Waals surface area contributed by atoms with E-state index >= 15 is 0 Å². The number of benzene rings is 1. The van der Waals surface area contributed by atoms with Crippen molar-refractivity contribution >= 4 is 28.4 Å². The number of nitrogens with zero attached hydrogens (tertiary/aromatic N) is 2. The van der Waals surface area contributed by atoms with Crippen LogP contribution in [0, 0.1) is 0 Å². The third kappa shape index (κ3) is 2.97. The van der Waals surface area contributed by atoms with Gasteiger partial charge in [-0.25, -0.2) is 0 Å². The van der Waals surface area contributed by atoms with Crippen LogP contribution in [0.2, 0.25) is 5.02 Å². The van der Waals surface area contributed by atoms with Gasteiger partial charge in [-0.2, -0.15) is 0 Å². The predicted octanol–water partition coefficient (Wildman–Crippen LogP) is 1.96. The molecule has 22 heavy (non-hydrogen) atoms. The lowest BCUT2D eigenvalue weighted by Crippen LogP contribution is -2.54. The molecule has 0 bridgehead atoms. The smallest absolute Gasteiger partial charge is 0.270 e. The van der Waals surface area contributed by atoms with E-state index in [0.29, 0.717) is 30.4 Å². The Morgan fingerprint density at radius 1 is 1.41 bits per heavy atom. The van der Waals surface area contributed by atoms with Gasteiger partial charge < -0.3 is 15.0 Å². The Balaban J connectivity index is 1.75. The topological polar surface area (TPSA) is 59.6 Å². The van der Waals surface area contributed by atoms with Gasteiger partial charge in [0, 0.05) is 48.1 Å². The maximum atomic E-state index is 12.7. The Labute approximate surface area is 134 Å². The number of carbonyl (C=O) groups is 1. The van der Waals surface area contributed by atoms with E-state index in [4.69, 9.17) is 16.7 Å². The molecule has 3 rings (SSSR count). The molecular weight excluding hydrogens is 302 g/mol. The Kier molecular flexibility index (Phi) is 4.38. The highest BCUT2D eigenvalue weighted by Crippen LogP contribution is 2.21. The van der Waals surface area contributed by atoms with E-state index in [-0.39, 0.29) is 18.6 Å². The van der Waals surface area contributed by atoms with Gasteiger partial charge in [-0.15, -0.1) is 0 Å². The number of H-pyrrole nitrogens is 1. The molecule has 1 amide bonds. The number of carbonyl (C=O) groups excluding carboxylic acids is 1. The minimum absolute atomic E-state index is 0.0165. The van der Waals surface area contributed by atoms with Crippen molar-refractivity contribution in [2.75, 3.05) is 32.8 Å². The zero-order chi connectivity index (χ0) is 15.7. The molecule has 1 aliphatic heterocycles. The highest BCUT2D eigenvalue weighted by atomic mass is 35.5. The first-order valence-electron chi connectivity index (χ1n) is 7.51. The van der Waals surface area contributed by atoms with Crippen molar-refractivity contribution in [2.45, 2.75) is 13.0 Å². The first-order valence-corrected chi connectivity index (χ1v) is 7.88. The van der Waals surface area contributed by atoms with Gasteiger partial charge in [-0.1, -0.05) is 17.7 Å². The van der Waals surface area contributed by atoms with Crippen LogP contribution >= 0.6 is 11.6 Å². The summed E-state index contributed by atoms with van der Waals surface area (Å²) < 4.78 is 0. The van der Waals surface area contributed by atoms with Crippen LogP contribution in [0.25, 0.3) is 10.9 Å². The molecule has 2 N–H and O–H groups in total. The second-order valence-corrected chi connectivity index (χ2v) is 6.21. The van der Waals surface area contributed by atoms with Crippen LogP contribution in [0.3, 0.4) is 0 Å². The molecule has 2 aromatic rings.